The molecule has 0 aliphatic rings. The number of aliphatic carboxylic acids is 1. The second-order valence-electron chi connectivity index (χ2n) is 7.55. The van der Waals surface area contributed by atoms with Crippen molar-refractivity contribution >= 4 is 11.9 Å². The summed E-state index contributed by atoms with van der Waals surface area (Å²) in [6.07, 6.45) is 11.7. The van der Waals surface area contributed by atoms with Crippen molar-refractivity contribution in [2.45, 2.75) is 116 Å². The third-order valence-electron chi connectivity index (χ3n) is 4.77. The number of aliphatic hydroxyl groups is 1. The molecule has 0 spiro atoms. The Morgan fingerprint density at radius 3 is 1.96 bits per heavy atom. The third kappa shape index (κ3) is 15.4. The van der Waals surface area contributed by atoms with E-state index in [-0.39, 0.29) is 6.42 Å². The van der Waals surface area contributed by atoms with Crippen molar-refractivity contribution in [1.82, 2.24) is 0 Å². The lowest BCUT2D eigenvalue weighted by molar-refractivity contribution is -0.151. The minimum atomic E-state index is -0.750. The van der Waals surface area contributed by atoms with Gasteiger partial charge in [-0.3, -0.25) is 4.79 Å². The molecule has 5 heteroatoms. The Morgan fingerprint density at radius 2 is 1.41 bits per heavy atom. The molecule has 0 bridgehead atoms. The van der Waals surface area contributed by atoms with Crippen LogP contribution in [0, 0.1) is 0 Å². The molecule has 2 atom stereocenters. The first-order chi connectivity index (χ1) is 12.9. The predicted octanol–water partition coefficient (Wildman–Crippen LogP) is 5.40. The Hall–Kier alpha value is -1.36. The number of carbonyl (C=O) groups excluding carboxylic acids is 1. The molecule has 0 fully saturated rings. The van der Waals surface area contributed by atoms with Gasteiger partial charge in [-0.25, -0.2) is 4.79 Å². The minimum Gasteiger partial charge on any atom is -0.481 e. The summed E-state index contributed by atoms with van der Waals surface area (Å²) >= 11 is 0. The standard InChI is InChI=1S/C22H40O5/c1-4-5-6-7-9-12-15-19(23)20(27-22(26)18(2)3)16-13-10-8-11-14-17-21(24)25/h19-20,23H,2,4-17H2,1,3H3,(H,24,25). The Kier molecular flexibility index (Phi) is 15.9. The Labute approximate surface area is 165 Å². The molecule has 0 rings (SSSR count). The summed E-state index contributed by atoms with van der Waals surface area (Å²) in [5.41, 5.74) is 0.348. The summed E-state index contributed by atoms with van der Waals surface area (Å²) in [5.74, 6) is -1.19. The first kappa shape index (κ1) is 25.6. The molecule has 0 heterocycles. The number of carboxylic acid groups (broad SMARTS) is 1. The second kappa shape index (κ2) is 16.8. The van der Waals surface area contributed by atoms with E-state index in [0.29, 0.717) is 24.8 Å². The normalized spacial score (nSPS) is 13.1. The molecule has 0 amide bonds. The summed E-state index contributed by atoms with van der Waals surface area (Å²) in [7, 11) is 0. The fraction of sp³-hybridized carbons (Fsp3) is 0.818. The zero-order valence-corrected chi connectivity index (χ0v) is 17.4. The van der Waals surface area contributed by atoms with Gasteiger partial charge in [0.15, 0.2) is 0 Å². The molecule has 0 radical (unpaired) electrons. The van der Waals surface area contributed by atoms with E-state index in [9.17, 15) is 14.7 Å². The molecule has 0 aromatic rings. The van der Waals surface area contributed by atoms with Crippen LogP contribution >= 0.6 is 0 Å². The molecule has 0 aromatic carbocycles. The summed E-state index contributed by atoms with van der Waals surface area (Å²) in [5, 5.41) is 19.1. The molecular formula is C22H40O5. The van der Waals surface area contributed by atoms with Crippen molar-refractivity contribution in [3.05, 3.63) is 12.2 Å². The molecule has 158 valence electrons. The molecule has 0 aliphatic carbocycles. The predicted molar refractivity (Wildman–Crippen MR) is 109 cm³/mol. The van der Waals surface area contributed by atoms with Crippen molar-refractivity contribution < 1.29 is 24.5 Å². The van der Waals surface area contributed by atoms with Crippen molar-refractivity contribution in [2.75, 3.05) is 0 Å². The van der Waals surface area contributed by atoms with Gasteiger partial charge in [0, 0.05) is 12.0 Å². The van der Waals surface area contributed by atoms with Gasteiger partial charge in [0.1, 0.15) is 6.10 Å². The Bertz CT molecular complexity index is 419. The topological polar surface area (TPSA) is 83.8 Å². The Morgan fingerprint density at radius 1 is 0.889 bits per heavy atom. The van der Waals surface area contributed by atoms with Crippen LogP contribution in [0.15, 0.2) is 12.2 Å². The summed E-state index contributed by atoms with van der Waals surface area (Å²) < 4.78 is 5.46. The molecule has 0 saturated heterocycles. The number of carbonyl (C=O) groups is 2. The van der Waals surface area contributed by atoms with Gasteiger partial charge in [-0.1, -0.05) is 71.3 Å². The van der Waals surface area contributed by atoms with Crippen LogP contribution in [0.2, 0.25) is 0 Å². The van der Waals surface area contributed by atoms with Crippen molar-refractivity contribution in [3.8, 4) is 0 Å². The maximum atomic E-state index is 11.9. The molecular weight excluding hydrogens is 344 g/mol. The molecule has 0 aromatic heterocycles. The van der Waals surface area contributed by atoms with Gasteiger partial charge in [0.25, 0.3) is 0 Å². The molecule has 2 N–H and O–H groups in total. The lowest BCUT2D eigenvalue weighted by atomic mass is 9.99. The molecule has 0 saturated carbocycles. The number of unbranched alkanes of at least 4 members (excludes halogenated alkanes) is 9. The van der Waals surface area contributed by atoms with E-state index in [4.69, 9.17) is 9.84 Å². The first-order valence-electron chi connectivity index (χ1n) is 10.6. The lowest BCUT2D eigenvalue weighted by Crippen LogP contribution is -2.31. The van der Waals surface area contributed by atoms with E-state index in [1.165, 1.54) is 25.7 Å². The number of esters is 1. The number of aliphatic hydroxyl groups excluding tert-OH is 1. The minimum absolute atomic E-state index is 0.218. The molecule has 5 nitrogen and oxygen atoms in total. The maximum Gasteiger partial charge on any atom is 0.333 e. The quantitative estimate of drug-likeness (QED) is 0.188. The number of hydrogen-bond acceptors (Lipinski definition) is 4. The van der Waals surface area contributed by atoms with Crippen LogP contribution in [0.1, 0.15) is 104 Å². The van der Waals surface area contributed by atoms with Crippen molar-refractivity contribution in [2.24, 2.45) is 0 Å². The maximum absolute atomic E-state index is 11.9. The first-order valence-corrected chi connectivity index (χ1v) is 10.6. The van der Waals surface area contributed by atoms with Crippen LogP contribution in [0.25, 0.3) is 0 Å². The van der Waals surface area contributed by atoms with E-state index in [1.54, 1.807) is 6.92 Å². The van der Waals surface area contributed by atoms with Gasteiger partial charge in [-0.2, -0.15) is 0 Å². The van der Waals surface area contributed by atoms with Gasteiger partial charge in [-0.15, -0.1) is 0 Å². The van der Waals surface area contributed by atoms with E-state index in [1.807, 2.05) is 0 Å². The molecule has 2 unspecified atom stereocenters. The van der Waals surface area contributed by atoms with E-state index < -0.39 is 24.1 Å². The lowest BCUT2D eigenvalue weighted by Gasteiger charge is -2.23. The van der Waals surface area contributed by atoms with Crippen LogP contribution < -0.4 is 0 Å². The highest BCUT2D eigenvalue weighted by Crippen LogP contribution is 2.18. The fourth-order valence-corrected chi connectivity index (χ4v) is 3.04. The van der Waals surface area contributed by atoms with Crippen LogP contribution in [0.4, 0.5) is 0 Å². The van der Waals surface area contributed by atoms with Gasteiger partial charge in [0.05, 0.1) is 6.10 Å². The smallest absolute Gasteiger partial charge is 0.333 e. The molecule has 0 aliphatic heterocycles. The number of hydrogen-bond donors (Lipinski definition) is 2. The average Bonchev–Trinajstić information content (AvgIpc) is 2.62. The average molecular weight is 385 g/mol. The van der Waals surface area contributed by atoms with Gasteiger partial charge in [0.2, 0.25) is 0 Å². The summed E-state index contributed by atoms with van der Waals surface area (Å²) in [6, 6.07) is 0. The molecule has 27 heavy (non-hydrogen) atoms. The van der Waals surface area contributed by atoms with Crippen LogP contribution in [-0.2, 0) is 14.3 Å². The Balaban J connectivity index is 4.17. The number of ether oxygens (including phenoxy) is 1. The van der Waals surface area contributed by atoms with Crippen LogP contribution in [0.5, 0.6) is 0 Å². The monoisotopic (exact) mass is 384 g/mol. The third-order valence-corrected chi connectivity index (χ3v) is 4.77. The zero-order valence-electron chi connectivity index (χ0n) is 17.4. The SMILES string of the molecule is C=C(C)C(=O)OC(CCCCCCCC(=O)O)C(O)CCCCCCCC. The largest absolute Gasteiger partial charge is 0.481 e. The summed E-state index contributed by atoms with van der Waals surface area (Å²) in [6.45, 7) is 7.42. The highest BCUT2D eigenvalue weighted by Gasteiger charge is 2.23. The van der Waals surface area contributed by atoms with Crippen LogP contribution in [0.3, 0.4) is 0 Å². The van der Waals surface area contributed by atoms with E-state index >= 15 is 0 Å². The van der Waals surface area contributed by atoms with Gasteiger partial charge < -0.3 is 14.9 Å². The number of rotatable bonds is 18. The fourth-order valence-electron chi connectivity index (χ4n) is 3.04. The summed E-state index contributed by atoms with van der Waals surface area (Å²) in [4.78, 5) is 22.3. The van der Waals surface area contributed by atoms with Crippen molar-refractivity contribution in [3.63, 3.8) is 0 Å². The highest BCUT2D eigenvalue weighted by molar-refractivity contribution is 5.87. The van der Waals surface area contributed by atoms with E-state index in [2.05, 4.69) is 13.5 Å². The highest BCUT2D eigenvalue weighted by atomic mass is 16.6. The number of carboxylic acids is 1. The van der Waals surface area contributed by atoms with Gasteiger partial charge in [-0.05, 0) is 32.6 Å². The van der Waals surface area contributed by atoms with E-state index in [0.717, 1.165) is 38.5 Å². The van der Waals surface area contributed by atoms with Crippen LogP contribution in [-0.4, -0.2) is 34.4 Å². The second-order valence-corrected chi connectivity index (χ2v) is 7.55. The zero-order chi connectivity index (χ0) is 20.5. The van der Waals surface area contributed by atoms with Crippen molar-refractivity contribution in [1.29, 1.82) is 0 Å². The van der Waals surface area contributed by atoms with Gasteiger partial charge >= 0.3 is 11.9 Å².